The summed E-state index contributed by atoms with van der Waals surface area (Å²) in [5, 5.41) is 0. The molecule has 1 heterocycles. The van der Waals surface area contributed by atoms with Gasteiger partial charge < -0.3 is 0 Å². The molecule has 1 aliphatic rings. The van der Waals surface area contributed by atoms with Gasteiger partial charge in [0.05, 0.1) is 0 Å². The first-order chi connectivity index (χ1) is 2.89. The Bertz CT molecular complexity index is 37.2. The van der Waals surface area contributed by atoms with Crippen molar-refractivity contribution in [3.05, 3.63) is 0 Å². The number of rotatable bonds is 0. The Balaban J connectivity index is 2.18. The van der Waals surface area contributed by atoms with Crippen molar-refractivity contribution < 1.29 is 0 Å². The zero-order valence-corrected chi connectivity index (χ0v) is 11.2. The average Bonchev–Trinajstić information content (AvgIpc) is 1.86. The minimum Gasteiger partial charge on any atom is -0.0770 e. The summed E-state index contributed by atoms with van der Waals surface area (Å²) in [5.41, 5.74) is 0. The van der Waals surface area contributed by atoms with Crippen LogP contribution in [0, 0.1) is 0 Å². The molecule has 0 unspecified atom stereocenters. The molecule has 0 nitrogen and oxygen atoms in total. The molecule has 0 aromatic carbocycles. The second-order valence-corrected chi connectivity index (χ2v) is 49.8. The Hall–Kier alpha value is 1.08. The Morgan fingerprint density at radius 1 is 1.17 bits per heavy atom. The summed E-state index contributed by atoms with van der Waals surface area (Å²) in [4.78, 5) is 0. The van der Waals surface area contributed by atoms with Gasteiger partial charge in [-0.2, -0.15) is 0 Å². The minimum atomic E-state index is 0.352. The van der Waals surface area contributed by atoms with E-state index in [4.69, 9.17) is 0 Å². The molecule has 0 atom stereocenters. The largest absolute Gasteiger partial charge is 0.0770 e. The summed E-state index contributed by atoms with van der Waals surface area (Å²) in [7, 11) is 3.88. The maximum atomic E-state index is 2.67. The zero-order chi connectivity index (χ0) is 4.41. The topological polar surface area (TPSA) is 0 Å². The van der Waals surface area contributed by atoms with E-state index in [1.165, 1.54) is 0 Å². The van der Waals surface area contributed by atoms with E-state index in [1.54, 1.807) is 0 Å². The summed E-state index contributed by atoms with van der Waals surface area (Å²) in [6, 6.07) is 0. The van der Waals surface area contributed by atoms with E-state index < -0.39 is 0 Å². The van der Waals surface area contributed by atoms with Gasteiger partial charge in [0.25, 0.3) is 0 Å². The monoisotopic (exact) mass is 164 g/mol. The Labute approximate surface area is 49.0 Å². The zero-order valence-electron chi connectivity index (χ0n) is 4.41. The predicted molar refractivity (Wildman–Crippen MR) is 47.2 cm³/mol. The molecule has 6 heavy (non-hydrogen) atoms. The highest BCUT2D eigenvalue weighted by molar-refractivity contribution is 7.80. The molecule has 1 aliphatic heterocycles. The molecule has 0 N–H and O–H groups in total. The lowest BCUT2D eigenvalue weighted by atomic mass is 11.9. The summed E-state index contributed by atoms with van der Waals surface area (Å²) in [5.74, 6) is 0. The molecule has 1 fully saturated rings. The van der Waals surface area contributed by atoms with Crippen LogP contribution < -0.4 is 0 Å². The first-order valence-corrected chi connectivity index (χ1v) is 22.6. The second kappa shape index (κ2) is 2.41. The van der Waals surface area contributed by atoms with Gasteiger partial charge in [0.1, 0.15) is 0 Å². The van der Waals surface area contributed by atoms with E-state index in [9.17, 15) is 0 Å². The quantitative estimate of drug-likeness (QED) is 0.323. The van der Waals surface area contributed by atoms with Gasteiger partial charge in [0.15, 0.2) is 0 Å². The fourth-order valence-corrected chi connectivity index (χ4v) is 208. The molecule has 1 saturated heterocycles. The van der Waals surface area contributed by atoms with Gasteiger partial charge in [0.2, 0.25) is 0 Å². The normalized spacial score (nSPS) is 50.5. The lowest BCUT2D eigenvalue weighted by Crippen LogP contribution is -2.18. The highest BCUT2D eigenvalue weighted by atomic mass is 30.1. The first-order valence-electron chi connectivity index (χ1n) is 2.89. The van der Waals surface area contributed by atoms with E-state index in [0.29, 0.717) is 7.83 Å². The molecule has 0 spiro atoms. The van der Waals surface area contributed by atoms with Crippen LogP contribution in [0.25, 0.3) is 0 Å². The van der Waals surface area contributed by atoms with E-state index in [1.807, 2.05) is 0 Å². The molecule has 1 rings (SSSR count). The van der Waals surface area contributed by atoms with Crippen LogP contribution in [0.2, 0.25) is 6.55 Å². The summed E-state index contributed by atoms with van der Waals surface area (Å²) >= 11 is 0. The average molecular weight is 165 g/mol. The summed E-state index contributed by atoms with van der Waals surface area (Å²) < 4.78 is 0. The molecule has 0 aliphatic carbocycles. The number of hydrogen-bond acceptors (Lipinski definition) is 0. The van der Waals surface area contributed by atoms with Gasteiger partial charge in [-0.25, -0.2) is 0 Å². The lowest BCUT2D eigenvalue weighted by molar-refractivity contribution is 2.34. The Morgan fingerprint density at radius 3 is 1.83 bits per heavy atom. The van der Waals surface area contributed by atoms with Crippen LogP contribution in [0.1, 0.15) is 0 Å². The van der Waals surface area contributed by atoms with E-state index >= 15 is 0 Å². The van der Waals surface area contributed by atoms with E-state index in [-0.39, 0.29) is 0 Å². The molecule has 0 saturated carbocycles. The van der Waals surface area contributed by atoms with Crippen LogP contribution in [-0.4, -0.2) is 42.1 Å². The lowest BCUT2D eigenvalue weighted by Gasteiger charge is -1.87. The molecule has 0 aromatic rings. The SMILES string of the molecule is C[SiH]1[SiH2][SiH2][SiH2][SiH2]1. The van der Waals surface area contributed by atoms with Gasteiger partial charge in [-0.15, -0.1) is 0 Å². The van der Waals surface area contributed by atoms with Crippen molar-refractivity contribution in [2.24, 2.45) is 0 Å². The van der Waals surface area contributed by atoms with Gasteiger partial charge in [-0.05, 0) is 34.2 Å². The highest BCUT2D eigenvalue weighted by Gasteiger charge is 2.11. The standard InChI is InChI=1S/CH12Si5/c1-6-4-2-3-5-6/h6H,2-5H2,1H3. The third-order valence-electron chi connectivity index (χ3n) is 1.64. The third-order valence-corrected chi connectivity index (χ3v) is 102. The molecule has 0 bridgehead atoms. The van der Waals surface area contributed by atoms with Gasteiger partial charge in [-0.1, -0.05) is 6.55 Å². The molecular weight excluding hydrogens is 152 g/mol. The molecule has 0 amide bonds. The molecular formula is CH12Si5. The highest BCUT2D eigenvalue weighted by Crippen LogP contribution is 1.79. The van der Waals surface area contributed by atoms with Crippen LogP contribution >= 0.6 is 0 Å². The van der Waals surface area contributed by atoms with Crippen molar-refractivity contribution in [3.63, 3.8) is 0 Å². The van der Waals surface area contributed by atoms with Crippen molar-refractivity contribution in [1.29, 1.82) is 0 Å². The van der Waals surface area contributed by atoms with E-state index in [0.717, 1.165) is 34.2 Å². The smallest absolute Gasteiger partial charge is 0.00317 e. The van der Waals surface area contributed by atoms with Crippen molar-refractivity contribution >= 4 is 42.1 Å². The van der Waals surface area contributed by atoms with Crippen LogP contribution in [0.4, 0.5) is 0 Å². The fourth-order valence-electron chi connectivity index (χ4n) is 1.13. The van der Waals surface area contributed by atoms with E-state index in [2.05, 4.69) is 6.55 Å². The molecule has 0 aromatic heterocycles. The molecule has 0 radical (unpaired) electrons. The maximum absolute atomic E-state index is 2.67. The second-order valence-electron chi connectivity index (χ2n) is 2.39. The van der Waals surface area contributed by atoms with Crippen molar-refractivity contribution in [2.45, 2.75) is 6.55 Å². The predicted octanol–water partition coefficient (Wildman–Crippen LogP) is -3.73. The van der Waals surface area contributed by atoms with Gasteiger partial charge >= 0.3 is 0 Å². The maximum Gasteiger partial charge on any atom is 0.00317 e. The first kappa shape index (κ1) is 5.23. The number of hydrogen-bond donors (Lipinski definition) is 0. The van der Waals surface area contributed by atoms with Crippen LogP contribution in [0.5, 0.6) is 0 Å². The molecule has 5 heteroatoms. The van der Waals surface area contributed by atoms with Crippen molar-refractivity contribution in [2.75, 3.05) is 0 Å². The van der Waals surface area contributed by atoms with Crippen molar-refractivity contribution in [1.82, 2.24) is 0 Å². The van der Waals surface area contributed by atoms with Crippen LogP contribution in [-0.2, 0) is 0 Å². The minimum absolute atomic E-state index is 0.352. The summed E-state index contributed by atoms with van der Waals surface area (Å²) in [6.07, 6.45) is 0. The van der Waals surface area contributed by atoms with Crippen LogP contribution in [0.3, 0.4) is 0 Å². The Morgan fingerprint density at radius 2 is 1.67 bits per heavy atom. The van der Waals surface area contributed by atoms with Gasteiger partial charge in [-0.3, -0.25) is 0 Å². The fraction of sp³-hybridized carbons (Fsp3) is 1.00. The van der Waals surface area contributed by atoms with Crippen molar-refractivity contribution in [3.8, 4) is 0 Å². The van der Waals surface area contributed by atoms with Crippen LogP contribution in [0.15, 0.2) is 0 Å². The Kier molecular flexibility index (Phi) is 2.10. The third kappa shape index (κ3) is 1.30. The van der Waals surface area contributed by atoms with Gasteiger partial charge in [0, 0.05) is 7.83 Å². The molecule has 36 valence electrons. The summed E-state index contributed by atoms with van der Waals surface area (Å²) in [6.45, 7) is 2.67.